The molecule has 1 aromatic carbocycles. The van der Waals surface area contributed by atoms with E-state index in [1.165, 1.54) is 6.08 Å². The number of piperidine rings is 1. The smallest absolute Gasteiger partial charge is 0.464 e. The second-order valence-corrected chi connectivity index (χ2v) is 13.5. The Labute approximate surface area is 235 Å². The van der Waals surface area contributed by atoms with E-state index in [2.05, 4.69) is 39.6 Å². The van der Waals surface area contributed by atoms with Crippen LogP contribution in [0.25, 0.3) is 11.0 Å². The van der Waals surface area contributed by atoms with Crippen molar-refractivity contribution in [1.29, 1.82) is 0 Å². The molecule has 2 aliphatic heterocycles. The first-order chi connectivity index (χ1) is 19.1. The molecule has 9 atom stereocenters. The topological polar surface area (TPSA) is 90.2 Å². The van der Waals surface area contributed by atoms with E-state index >= 15 is 0 Å². The zero-order valence-corrected chi connectivity index (χ0v) is 23.8. The van der Waals surface area contributed by atoms with Crippen molar-refractivity contribution in [3.8, 4) is 0 Å². The number of hydrogen-bond donors (Lipinski definition) is 1. The highest BCUT2D eigenvalue weighted by molar-refractivity contribution is 6.48. The molecule has 0 radical (unpaired) electrons. The zero-order chi connectivity index (χ0) is 28.0. The maximum absolute atomic E-state index is 13.3. The van der Waals surface area contributed by atoms with Crippen molar-refractivity contribution in [3.63, 3.8) is 0 Å². The van der Waals surface area contributed by atoms with E-state index in [9.17, 15) is 9.59 Å². The minimum Gasteiger partial charge on any atom is -0.464 e. The average Bonchev–Trinajstić information content (AvgIpc) is 3.31. The second kappa shape index (κ2) is 9.11. The summed E-state index contributed by atoms with van der Waals surface area (Å²) in [5.41, 5.74) is 1.61. The number of rotatable bonds is 7. The number of benzene rings is 1. The Kier molecular flexibility index (Phi) is 5.96. The fourth-order valence-electron chi connectivity index (χ4n) is 8.71. The van der Waals surface area contributed by atoms with Gasteiger partial charge in [0.1, 0.15) is 12.2 Å². The number of furan rings is 1. The predicted octanol–water partition coefficient (Wildman–Crippen LogP) is 4.62. The van der Waals surface area contributed by atoms with Crippen LogP contribution in [-0.4, -0.2) is 60.9 Å². The summed E-state index contributed by atoms with van der Waals surface area (Å²) in [5, 5.41) is 4.09. The number of carbonyl (C=O) groups excluding carboxylic acids is 2. The van der Waals surface area contributed by atoms with Crippen molar-refractivity contribution in [2.75, 3.05) is 13.2 Å². The van der Waals surface area contributed by atoms with Gasteiger partial charge in [0.25, 0.3) is 0 Å². The summed E-state index contributed by atoms with van der Waals surface area (Å²) in [7, 11) is -0.607. The van der Waals surface area contributed by atoms with E-state index in [1.54, 1.807) is 11.2 Å². The van der Waals surface area contributed by atoms with Gasteiger partial charge in [0.2, 0.25) is 5.91 Å². The van der Waals surface area contributed by atoms with Crippen LogP contribution >= 0.6 is 0 Å². The molecule has 8 nitrogen and oxygen atoms in total. The Bertz CT molecular complexity index is 1360. The molecule has 6 aliphatic rings. The zero-order valence-electron chi connectivity index (χ0n) is 23.8. The van der Waals surface area contributed by atoms with E-state index in [0.717, 1.165) is 29.4 Å². The molecule has 3 heterocycles. The minimum absolute atomic E-state index is 0.000870. The SMILES string of the molecule is C=CC(=O)N1C[C@@H]2[C@H](C)[C@@H]2[C@@H]1COC(=O)N[C@@H](Cc1coc2ccccc12)B1O[C@@H]2C[C@@H]3C[C@@H](C3(C)C)[C@]2(C)O1. The van der Waals surface area contributed by atoms with Crippen molar-refractivity contribution in [2.24, 2.45) is 35.0 Å². The number of para-hydroxylation sites is 1. The average molecular weight is 546 g/mol. The monoisotopic (exact) mass is 546 g/mol. The lowest BCUT2D eigenvalue weighted by atomic mass is 9.43. The number of hydrogen-bond acceptors (Lipinski definition) is 6. The molecule has 8 rings (SSSR count). The number of nitrogens with one attached hydrogen (secondary N) is 1. The number of alkyl carbamates (subject to hydrolysis) is 1. The molecule has 40 heavy (non-hydrogen) atoms. The number of fused-ring (bicyclic) bond motifs is 2. The molecule has 9 heteroatoms. The number of amides is 2. The molecule has 2 aromatic rings. The molecule has 0 unspecified atom stereocenters. The Hall–Kier alpha value is -2.78. The first-order valence-electron chi connectivity index (χ1n) is 14.8. The first-order valence-corrected chi connectivity index (χ1v) is 14.8. The van der Waals surface area contributed by atoms with Gasteiger partial charge in [-0.3, -0.25) is 4.79 Å². The molecule has 1 N–H and O–H groups in total. The lowest BCUT2D eigenvalue weighted by Gasteiger charge is -2.64. The standard InChI is InChI=1S/C31H39BN2O6/c1-6-27(35)34-14-21-17(2)28(21)22(34)16-38-29(36)33-26(11-18-15-37-23-10-8-7-9-20(18)23)32-39-25-13-19-12-24(30(19,3)4)31(25,5)40-32/h6-10,15,17,19,21-22,24-26,28H,1,11-14,16H2,2-5H3,(H,33,36)/t17-,19-,21+,22-,24-,25+,26-,28-,31-/m0/s1. The highest BCUT2D eigenvalue weighted by atomic mass is 16.7. The van der Waals surface area contributed by atoms with Gasteiger partial charge in [-0.1, -0.05) is 45.5 Å². The third-order valence-corrected chi connectivity index (χ3v) is 11.3. The summed E-state index contributed by atoms with van der Waals surface area (Å²) < 4.78 is 24.9. The van der Waals surface area contributed by atoms with Crippen LogP contribution in [-0.2, 0) is 25.3 Å². The largest absolute Gasteiger partial charge is 0.482 e. The van der Waals surface area contributed by atoms with Crippen LogP contribution in [0.3, 0.4) is 0 Å². The van der Waals surface area contributed by atoms with Gasteiger partial charge in [-0.05, 0) is 78.9 Å². The number of nitrogens with zero attached hydrogens (tertiary/aromatic N) is 1. The maximum atomic E-state index is 13.3. The summed E-state index contributed by atoms with van der Waals surface area (Å²) in [5.74, 6) is 1.84. The van der Waals surface area contributed by atoms with Gasteiger partial charge < -0.3 is 28.7 Å². The van der Waals surface area contributed by atoms with Gasteiger partial charge in [-0.15, -0.1) is 0 Å². The van der Waals surface area contributed by atoms with Crippen LogP contribution in [0, 0.1) is 35.0 Å². The highest BCUT2D eigenvalue weighted by Crippen LogP contribution is 2.65. The van der Waals surface area contributed by atoms with E-state index in [1.807, 2.05) is 24.3 Å². The molecular formula is C31H39BN2O6. The van der Waals surface area contributed by atoms with Gasteiger partial charge in [-0.25, -0.2) is 4.79 Å². The van der Waals surface area contributed by atoms with Crippen LogP contribution < -0.4 is 5.32 Å². The van der Waals surface area contributed by atoms with E-state index in [4.69, 9.17) is 18.5 Å². The van der Waals surface area contributed by atoms with Gasteiger partial charge in [-0.2, -0.15) is 0 Å². The third-order valence-electron chi connectivity index (χ3n) is 11.3. The van der Waals surface area contributed by atoms with Crippen molar-refractivity contribution in [1.82, 2.24) is 10.2 Å². The first kappa shape index (κ1) is 26.1. The highest BCUT2D eigenvalue weighted by Gasteiger charge is 2.68. The van der Waals surface area contributed by atoms with Crippen molar-refractivity contribution in [2.45, 2.75) is 70.6 Å². The number of ether oxygens (including phenoxy) is 1. The molecule has 2 amide bonds. The summed E-state index contributed by atoms with van der Waals surface area (Å²) in [6.45, 7) is 13.5. The van der Waals surface area contributed by atoms with Gasteiger partial charge in [0.15, 0.2) is 0 Å². The summed E-state index contributed by atoms with van der Waals surface area (Å²) >= 11 is 0. The quantitative estimate of drug-likeness (QED) is 0.403. The molecule has 2 saturated heterocycles. The molecule has 6 fully saturated rings. The Morgan fingerprint density at radius 3 is 2.85 bits per heavy atom. The summed E-state index contributed by atoms with van der Waals surface area (Å²) in [6.07, 6.45) is 5.17. The van der Waals surface area contributed by atoms with Crippen LogP contribution in [0.5, 0.6) is 0 Å². The molecule has 1 aromatic heterocycles. The van der Waals surface area contributed by atoms with Crippen LogP contribution in [0.15, 0.2) is 47.6 Å². The Morgan fingerprint density at radius 2 is 2.08 bits per heavy atom. The molecular weight excluding hydrogens is 507 g/mol. The lowest BCUT2D eigenvalue weighted by molar-refractivity contribution is -0.199. The summed E-state index contributed by atoms with van der Waals surface area (Å²) in [4.78, 5) is 27.5. The molecule has 0 spiro atoms. The van der Waals surface area contributed by atoms with Gasteiger partial charge >= 0.3 is 13.2 Å². The summed E-state index contributed by atoms with van der Waals surface area (Å²) in [6, 6.07) is 7.77. The fraction of sp³-hybridized carbons (Fsp3) is 0.613. The third kappa shape index (κ3) is 3.87. The molecule has 212 valence electrons. The van der Waals surface area contributed by atoms with Crippen molar-refractivity contribution < 1.29 is 28.1 Å². The predicted molar refractivity (Wildman–Crippen MR) is 150 cm³/mol. The second-order valence-electron chi connectivity index (χ2n) is 13.5. The molecule has 4 aliphatic carbocycles. The number of likely N-dealkylation sites (tertiary alicyclic amines) is 1. The van der Waals surface area contributed by atoms with E-state index in [-0.39, 0.29) is 30.1 Å². The Morgan fingerprint density at radius 1 is 1.27 bits per heavy atom. The van der Waals surface area contributed by atoms with Crippen LogP contribution in [0.1, 0.15) is 46.1 Å². The lowest BCUT2D eigenvalue weighted by Crippen LogP contribution is -2.65. The molecule has 4 saturated carbocycles. The fourth-order valence-corrected chi connectivity index (χ4v) is 8.71. The van der Waals surface area contributed by atoms with Crippen molar-refractivity contribution in [3.05, 3.63) is 48.7 Å². The van der Waals surface area contributed by atoms with Gasteiger partial charge in [0.05, 0.1) is 30.0 Å². The maximum Gasteiger partial charge on any atom is 0.482 e. The van der Waals surface area contributed by atoms with Crippen LogP contribution in [0.4, 0.5) is 4.79 Å². The Balaban J connectivity index is 1.09. The van der Waals surface area contributed by atoms with E-state index < -0.39 is 24.8 Å². The minimum atomic E-state index is -0.607. The van der Waals surface area contributed by atoms with Crippen molar-refractivity contribution >= 4 is 30.1 Å². The molecule has 2 bridgehead atoms. The van der Waals surface area contributed by atoms with Gasteiger partial charge in [0, 0.05) is 11.9 Å². The van der Waals surface area contributed by atoms with Crippen LogP contribution in [0.2, 0.25) is 0 Å². The number of carbonyl (C=O) groups is 2. The van der Waals surface area contributed by atoms with E-state index in [0.29, 0.717) is 42.6 Å². The normalized spacial score (nSPS) is 37.4.